The standard InChI is InChI=1S/C23H24FN7O4S/c1-14-7-5-8-17(27-14)22-28-29-23(31(22)21-18(34-3)9-6-10-19(21)35-4)30-36(32,33)15(2)11-20-25-12-16(24)13-26-20/h5-10,12-13,15H,11H2,1-4H3,(H,29,30)/t15-/m1/s1. The van der Waals surface area contributed by atoms with Crippen molar-refractivity contribution >= 4 is 16.0 Å². The monoisotopic (exact) mass is 513 g/mol. The number of pyridine rings is 1. The number of para-hydroxylation sites is 1. The fraction of sp³-hybridized carbons (Fsp3) is 0.261. The Hall–Kier alpha value is -4.13. The van der Waals surface area contributed by atoms with Crippen LogP contribution >= 0.6 is 0 Å². The Morgan fingerprint density at radius 2 is 1.67 bits per heavy atom. The molecule has 1 atom stereocenters. The highest BCUT2D eigenvalue weighted by Gasteiger charge is 2.29. The van der Waals surface area contributed by atoms with Gasteiger partial charge in [0.15, 0.2) is 11.6 Å². The second kappa shape index (κ2) is 10.2. The lowest BCUT2D eigenvalue weighted by Gasteiger charge is -2.18. The first-order valence-corrected chi connectivity index (χ1v) is 12.4. The summed E-state index contributed by atoms with van der Waals surface area (Å²) < 4.78 is 54.8. The van der Waals surface area contributed by atoms with Gasteiger partial charge in [-0.15, -0.1) is 10.2 Å². The van der Waals surface area contributed by atoms with Gasteiger partial charge in [-0.25, -0.2) is 27.8 Å². The zero-order valence-corrected chi connectivity index (χ0v) is 20.8. The summed E-state index contributed by atoms with van der Waals surface area (Å²) in [6.07, 6.45) is 1.93. The molecule has 188 valence electrons. The largest absolute Gasteiger partial charge is 0.494 e. The number of hydrogen-bond acceptors (Lipinski definition) is 9. The van der Waals surface area contributed by atoms with E-state index in [-0.39, 0.29) is 24.0 Å². The van der Waals surface area contributed by atoms with E-state index in [1.807, 2.05) is 19.1 Å². The summed E-state index contributed by atoms with van der Waals surface area (Å²) in [5.41, 5.74) is 1.59. The van der Waals surface area contributed by atoms with Crippen LogP contribution < -0.4 is 14.2 Å². The maximum Gasteiger partial charge on any atom is 0.243 e. The van der Waals surface area contributed by atoms with Crippen LogP contribution in [0.25, 0.3) is 17.2 Å². The van der Waals surface area contributed by atoms with Crippen molar-refractivity contribution in [1.29, 1.82) is 0 Å². The molecule has 3 aromatic heterocycles. The van der Waals surface area contributed by atoms with E-state index in [1.54, 1.807) is 24.3 Å². The average Bonchev–Trinajstić information content (AvgIpc) is 3.27. The number of aryl methyl sites for hydroxylation is 1. The van der Waals surface area contributed by atoms with Crippen LogP contribution in [0.5, 0.6) is 11.5 Å². The Bertz CT molecular complexity index is 1450. The molecule has 36 heavy (non-hydrogen) atoms. The van der Waals surface area contributed by atoms with Gasteiger partial charge in [0, 0.05) is 12.1 Å². The number of anilines is 1. The lowest BCUT2D eigenvalue weighted by atomic mass is 10.2. The molecule has 0 aliphatic carbocycles. The highest BCUT2D eigenvalue weighted by Crippen LogP contribution is 2.37. The second-order valence-corrected chi connectivity index (χ2v) is 9.94. The summed E-state index contributed by atoms with van der Waals surface area (Å²) in [6.45, 7) is 3.32. The Kier molecular flexibility index (Phi) is 7.10. The maximum atomic E-state index is 13.3. The molecule has 0 radical (unpaired) electrons. The van der Waals surface area contributed by atoms with Gasteiger partial charge in [0.2, 0.25) is 16.0 Å². The number of sulfonamides is 1. The molecule has 0 aliphatic rings. The van der Waals surface area contributed by atoms with E-state index < -0.39 is 21.1 Å². The molecule has 0 bridgehead atoms. The van der Waals surface area contributed by atoms with E-state index in [0.717, 1.165) is 18.1 Å². The Morgan fingerprint density at radius 1 is 1.03 bits per heavy atom. The Balaban J connectivity index is 1.81. The van der Waals surface area contributed by atoms with Gasteiger partial charge >= 0.3 is 0 Å². The third-order valence-electron chi connectivity index (χ3n) is 5.31. The number of nitrogens with zero attached hydrogens (tertiary/aromatic N) is 6. The molecule has 13 heteroatoms. The zero-order chi connectivity index (χ0) is 25.9. The molecule has 1 aromatic carbocycles. The lowest BCUT2D eigenvalue weighted by Crippen LogP contribution is -2.29. The summed E-state index contributed by atoms with van der Waals surface area (Å²) in [4.78, 5) is 12.2. The number of methoxy groups -OCH3 is 2. The topological polar surface area (TPSA) is 134 Å². The fourth-order valence-corrected chi connectivity index (χ4v) is 4.44. The summed E-state index contributed by atoms with van der Waals surface area (Å²) in [5, 5.41) is 7.39. The van der Waals surface area contributed by atoms with Crippen molar-refractivity contribution < 1.29 is 22.3 Å². The summed E-state index contributed by atoms with van der Waals surface area (Å²) in [5.74, 6) is 0.555. The Morgan fingerprint density at radius 3 is 2.28 bits per heavy atom. The van der Waals surface area contributed by atoms with Gasteiger partial charge in [0.05, 0.1) is 31.9 Å². The van der Waals surface area contributed by atoms with E-state index in [9.17, 15) is 12.8 Å². The summed E-state index contributed by atoms with van der Waals surface area (Å²) >= 11 is 0. The molecule has 0 unspecified atom stereocenters. The van der Waals surface area contributed by atoms with Crippen molar-refractivity contribution in [1.82, 2.24) is 29.7 Å². The van der Waals surface area contributed by atoms with Crippen molar-refractivity contribution in [2.75, 3.05) is 18.9 Å². The van der Waals surface area contributed by atoms with Gasteiger partial charge in [0.1, 0.15) is 28.7 Å². The minimum atomic E-state index is -4.02. The predicted octanol–water partition coefficient (Wildman–Crippen LogP) is 2.96. The van der Waals surface area contributed by atoms with E-state index in [0.29, 0.717) is 22.9 Å². The number of ether oxygens (including phenoxy) is 2. The van der Waals surface area contributed by atoms with Crippen LogP contribution in [0.1, 0.15) is 18.4 Å². The van der Waals surface area contributed by atoms with Crippen molar-refractivity contribution in [3.63, 3.8) is 0 Å². The highest BCUT2D eigenvalue weighted by atomic mass is 32.2. The van der Waals surface area contributed by atoms with Crippen LogP contribution in [0.2, 0.25) is 0 Å². The van der Waals surface area contributed by atoms with Crippen molar-refractivity contribution in [3.05, 3.63) is 66.1 Å². The number of halogens is 1. The molecule has 4 aromatic rings. The van der Waals surface area contributed by atoms with E-state index in [1.165, 1.54) is 25.7 Å². The van der Waals surface area contributed by atoms with Crippen LogP contribution in [-0.4, -0.2) is 57.6 Å². The fourth-order valence-electron chi connectivity index (χ4n) is 3.49. The van der Waals surface area contributed by atoms with Crippen LogP contribution in [-0.2, 0) is 16.4 Å². The smallest absolute Gasteiger partial charge is 0.243 e. The van der Waals surface area contributed by atoms with Gasteiger partial charge in [-0.3, -0.25) is 9.29 Å². The van der Waals surface area contributed by atoms with Crippen LogP contribution in [0, 0.1) is 12.7 Å². The first-order chi connectivity index (χ1) is 17.2. The second-order valence-electron chi connectivity index (χ2n) is 7.84. The van der Waals surface area contributed by atoms with Crippen LogP contribution in [0.3, 0.4) is 0 Å². The minimum Gasteiger partial charge on any atom is -0.494 e. The molecule has 0 amide bonds. The zero-order valence-electron chi connectivity index (χ0n) is 20.0. The molecular weight excluding hydrogens is 489 g/mol. The first kappa shape index (κ1) is 25.0. The van der Waals surface area contributed by atoms with E-state index >= 15 is 0 Å². The normalized spacial score (nSPS) is 12.2. The van der Waals surface area contributed by atoms with Gasteiger partial charge in [0.25, 0.3) is 0 Å². The van der Waals surface area contributed by atoms with Gasteiger partial charge in [-0.2, -0.15) is 0 Å². The molecule has 0 saturated carbocycles. The summed E-state index contributed by atoms with van der Waals surface area (Å²) in [7, 11) is -1.04. The van der Waals surface area contributed by atoms with Crippen molar-refractivity contribution in [3.8, 4) is 28.7 Å². The number of hydrogen-bond donors (Lipinski definition) is 1. The molecule has 11 nitrogen and oxygen atoms in total. The number of aromatic nitrogens is 6. The van der Waals surface area contributed by atoms with Crippen LogP contribution in [0.4, 0.5) is 10.3 Å². The molecule has 0 fully saturated rings. The minimum absolute atomic E-state index is 0.0476. The maximum absolute atomic E-state index is 13.3. The van der Waals surface area contributed by atoms with Gasteiger partial charge in [-0.05, 0) is 38.1 Å². The molecule has 1 N–H and O–H groups in total. The van der Waals surface area contributed by atoms with Crippen molar-refractivity contribution in [2.24, 2.45) is 0 Å². The molecule has 0 saturated heterocycles. The Labute approximate surface area is 207 Å². The summed E-state index contributed by atoms with van der Waals surface area (Å²) in [6, 6.07) is 10.5. The molecule has 0 aliphatic heterocycles. The number of rotatable bonds is 9. The first-order valence-electron chi connectivity index (χ1n) is 10.8. The third-order valence-corrected chi connectivity index (χ3v) is 7.01. The van der Waals surface area contributed by atoms with Gasteiger partial charge in [-0.1, -0.05) is 12.1 Å². The highest BCUT2D eigenvalue weighted by molar-refractivity contribution is 7.93. The lowest BCUT2D eigenvalue weighted by molar-refractivity contribution is 0.391. The van der Waals surface area contributed by atoms with E-state index in [4.69, 9.17) is 9.47 Å². The van der Waals surface area contributed by atoms with E-state index in [2.05, 4.69) is 29.9 Å². The molecular formula is C23H24FN7O4S. The van der Waals surface area contributed by atoms with Crippen molar-refractivity contribution in [2.45, 2.75) is 25.5 Å². The quantitative estimate of drug-likeness (QED) is 0.358. The molecule has 3 heterocycles. The predicted molar refractivity (Wildman–Crippen MR) is 130 cm³/mol. The van der Waals surface area contributed by atoms with Gasteiger partial charge < -0.3 is 9.47 Å². The third kappa shape index (κ3) is 5.10. The SMILES string of the molecule is COc1cccc(OC)c1-n1c(NS(=O)(=O)[C@H](C)Cc2ncc(F)cn2)nnc1-c1cccc(C)n1. The van der Waals surface area contributed by atoms with Crippen LogP contribution in [0.15, 0.2) is 48.8 Å². The average molecular weight is 514 g/mol. The number of nitrogens with one attached hydrogen (secondary N) is 1. The molecule has 0 spiro atoms. The number of benzene rings is 1. The molecule has 4 rings (SSSR count).